The van der Waals surface area contributed by atoms with Crippen molar-refractivity contribution in [3.63, 3.8) is 0 Å². The highest BCUT2D eigenvalue weighted by molar-refractivity contribution is 5.81. The standard InChI is InChI=1S/C11H18N2O2/c1-3-8(7-12)11(14)13-9-5-4-6-10(9)15-2/h8-10H,3-6H2,1-2H3,(H,13,14). The molecule has 0 aromatic carbocycles. The Morgan fingerprint density at radius 1 is 1.67 bits per heavy atom. The highest BCUT2D eigenvalue weighted by atomic mass is 16.5. The molecule has 0 bridgehead atoms. The number of rotatable bonds is 4. The van der Waals surface area contributed by atoms with Gasteiger partial charge in [0.1, 0.15) is 5.92 Å². The molecule has 0 aliphatic heterocycles. The number of nitrogens with one attached hydrogen (secondary N) is 1. The summed E-state index contributed by atoms with van der Waals surface area (Å²) in [6.45, 7) is 1.84. The summed E-state index contributed by atoms with van der Waals surface area (Å²) in [5, 5.41) is 11.6. The molecule has 1 N–H and O–H groups in total. The number of hydrogen-bond donors (Lipinski definition) is 1. The Morgan fingerprint density at radius 3 is 2.93 bits per heavy atom. The van der Waals surface area contributed by atoms with Crippen LogP contribution in [-0.2, 0) is 9.53 Å². The summed E-state index contributed by atoms with van der Waals surface area (Å²) >= 11 is 0. The molecule has 1 fully saturated rings. The van der Waals surface area contributed by atoms with Crippen LogP contribution in [0, 0.1) is 17.2 Å². The zero-order valence-corrected chi connectivity index (χ0v) is 9.32. The summed E-state index contributed by atoms with van der Waals surface area (Å²) in [7, 11) is 1.66. The van der Waals surface area contributed by atoms with Gasteiger partial charge in [0.25, 0.3) is 0 Å². The topological polar surface area (TPSA) is 62.1 Å². The fraction of sp³-hybridized carbons (Fsp3) is 0.818. The van der Waals surface area contributed by atoms with Crippen LogP contribution in [0.4, 0.5) is 0 Å². The van der Waals surface area contributed by atoms with Gasteiger partial charge >= 0.3 is 0 Å². The van der Waals surface area contributed by atoms with Gasteiger partial charge in [-0.3, -0.25) is 4.79 Å². The van der Waals surface area contributed by atoms with Gasteiger partial charge in [0.2, 0.25) is 5.91 Å². The third kappa shape index (κ3) is 2.93. The monoisotopic (exact) mass is 210 g/mol. The second kappa shape index (κ2) is 5.72. The molecule has 84 valence electrons. The van der Waals surface area contributed by atoms with Crippen LogP contribution in [0.5, 0.6) is 0 Å². The average Bonchev–Trinajstić information content (AvgIpc) is 2.67. The molecule has 3 unspecified atom stereocenters. The van der Waals surface area contributed by atoms with E-state index in [4.69, 9.17) is 10.00 Å². The number of methoxy groups -OCH3 is 1. The lowest BCUT2D eigenvalue weighted by Crippen LogP contribution is -2.43. The van der Waals surface area contributed by atoms with Gasteiger partial charge < -0.3 is 10.1 Å². The normalized spacial score (nSPS) is 27.0. The molecule has 0 aromatic heterocycles. The lowest BCUT2D eigenvalue weighted by Gasteiger charge is -2.20. The van der Waals surface area contributed by atoms with Crippen LogP contribution in [-0.4, -0.2) is 25.2 Å². The highest BCUT2D eigenvalue weighted by Gasteiger charge is 2.29. The van der Waals surface area contributed by atoms with Gasteiger partial charge in [0, 0.05) is 7.11 Å². The number of amides is 1. The van der Waals surface area contributed by atoms with Crippen molar-refractivity contribution in [2.45, 2.75) is 44.8 Å². The van der Waals surface area contributed by atoms with E-state index in [0.717, 1.165) is 19.3 Å². The molecule has 0 aromatic rings. The van der Waals surface area contributed by atoms with Crippen molar-refractivity contribution in [1.82, 2.24) is 5.32 Å². The van der Waals surface area contributed by atoms with Gasteiger partial charge in [0.15, 0.2) is 0 Å². The first-order valence-electron chi connectivity index (χ1n) is 5.45. The summed E-state index contributed by atoms with van der Waals surface area (Å²) in [5.74, 6) is -0.683. The third-order valence-corrected chi connectivity index (χ3v) is 2.96. The number of nitrogens with zero attached hydrogens (tertiary/aromatic N) is 1. The van der Waals surface area contributed by atoms with Crippen LogP contribution in [0.25, 0.3) is 0 Å². The van der Waals surface area contributed by atoms with E-state index in [1.165, 1.54) is 0 Å². The second-order valence-corrected chi connectivity index (χ2v) is 3.91. The minimum absolute atomic E-state index is 0.0879. The molecule has 1 aliphatic carbocycles. The van der Waals surface area contributed by atoms with E-state index >= 15 is 0 Å². The van der Waals surface area contributed by atoms with E-state index in [1.807, 2.05) is 13.0 Å². The zero-order chi connectivity index (χ0) is 11.3. The van der Waals surface area contributed by atoms with Crippen molar-refractivity contribution >= 4 is 5.91 Å². The molecule has 1 amide bonds. The van der Waals surface area contributed by atoms with E-state index < -0.39 is 5.92 Å². The number of hydrogen-bond acceptors (Lipinski definition) is 3. The number of carbonyl (C=O) groups excluding carboxylic acids is 1. The van der Waals surface area contributed by atoms with Gasteiger partial charge in [-0.05, 0) is 25.7 Å². The molecular formula is C11H18N2O2. The number of ether oxygens (including phenoxy) is 1. The van der Waals surface area contributed by atoms with Crippen LogP contribution in [0.15, 0.2) is 0 Å². The van der Waals surface area contributed by atoms with Gasteiger partial charge in [-0.15, -0.1) is 0 Å². The smallest absolute Gasteiger partial charge is 0.237 e. The summed E-state index contributed by atoms with van der Waals surface area (Å²) in [6, 6.07) is 2.09. The minimum Gasteiger partial charge on any atom is -0.379 e. The van der Waals surface area contributed by atoms with E-state index in [0.29, 0.717) is 6.42 Å². The van der Waals surface area contributed by atoms with E-state index in [2.05, 4.69) is 5.32 Å². The summed E-state index contributed by atoms with van der Waals surface area (Å²) in [4.78, 5) is 11.6. The molecule has 1 saturated carbocycles. The van der Waals surface area contributed by atoms with E-state index in [9.17, 15) is 4.79 Å². The van der Waals surface area contributed by atoms with Crippen LogP contribution in [0.3, 0.4) is 0 Å². The molecule has 1 aliphatic rings. The molecular weight excluding hydrogens is 192 g/mol. The summed E-state index contributed by atoms with van der Waals surface area (Å²) in [6.07, 6.45) is 3.70. The molecule has 1 rings (SSSR count). The molecule has 0 radical (unpaired) electrons. The Kier molecular flexibility index (Phi) is 4.57. The quantitative estimate of drug-likeness (QED) is 0.758. The van der Waals surface area contributed by atoms with Crippen LogP contribution in [0.2, 0.25) is 0 Å². The molecule has 15 heavy (non-hydrogen) atoms. The van der Waals surface area contributed by atoms with Crippen molar-refractivity contribution in [1.29, 1.82) is 5.26 Å². The fourth-order valence-corrected chi connectivity index (χ4v) is 1.99. The third-order valence-electron chi connectivity index (χ3n) is 2.96. The minimum atomic E-state index is -0.525. The largest absolute Gasteiger partial charge is 0.379 e. The van der Waals surface area contributed by atoms with Gasteiger partial charge in [-0.25, -0.2) is 0 Å². The van der Waals surface area contributed by atoms with Gasteiger partial charge in [-0.2, -0.15) is 5.26 Å². The fourth-order valence-electron chi connectivity index (χ4n) is 1.99. The lowest BCUT2D eigenvalue weighted by atomic mass is 10.1. The van der Waals surface area contributed by atoms with Crippen molar-refractivity contribution in [3.8, 4) is 6.07 Å². The predicted octanol–water partition coefficient (Wildman–Crippen LogP) is 1.22. The van der Waals surface area contributed by atoms with E-state index in [1.54, 1.807) is 7.11 Å². The van der Waals surface area contributed by atoms with Gasteiger partial charge in [-0.1, -0.05) is 6.92 Å². The first kappa shape index (κ1) is 12.0. The Morgan fingerprint density at radius 2 is 2.40 bits per heavy atom. The number of nitriles is 1. The Balaban J connectivity index is 2.47. The average molecular weight is 210 g/mol. The second-order valence-electron chi connectivity index (χ2n) is 3.91. The molecule has 4 nitrogen and oxygen atoms in total. The Labute approximate surface area is 90.6 Å². The SMILES string of the molecule is CCC(C#N)C(=O)NC1CCCC1OC. The maximum Gasteiger partial charge on any atom is 0.237 e. The lowest BCUT2D eigenvalue weighted by molar-refractivity contribution is -0.124. The maximum atomic E-state index is 11.6. The van der Waals surface area contributed by atoms with Crippen molar-refractivity contribution in [3.05, 3.63) is 0 Å². The summed E-state index contributed by atoms with van der Waals surface area (Å²) < 4.78 is 5.27. The van der Waals surface area contributed by atoms with E-state index in [-0.39, 0.29) is 18.1 Å². The Bertz CT molecular complexity index is 260. The highest BCUT2D eigenvalue weighted by Crippen LogP contribution is 2.21. The molecule has 0 saturated heterocycles. The van der Waals surface area contributed by atoms with Gasteiger partial charge in [0.05, 0.1) is 18.2 Å². The molecule has 4 heteroatoms. The molecule has 0 spiro atoms. The van der Waals surface area contributed by atoms with Crippen molar-refractivity contribution in [2.75, 3.05) is 7.11 Å². The van der Waals surface area contributed by atoms with Crippen LogP contribution in [0.1, 0.15) is 32.6 Å². The predicted molar refractivity (Wildman–Crippen MR) is 56.0 cm³/mol. The Hall–Kier alpha value is -1.08. The number of carbonyl (C=O) groups is 1. The zero-order valence-electron chi connectivity index (χ0n) is 9.32. The maximum absolute atomic E-state index is 11.6. The van der Waals surface area contributed by atoms with Crippen LogP contribution >= 0.6 is 0 Å². The van der Waals surface area contributed by atoms with Crippen molar-refractivity contribution in [2.24, 2.45) is 5.92 Å². The van der Waals surface area contributed by atoms with Crippen LogP contribution < -0.4 is 5.32 Å². The first-order valence-corrected chi connectivity index (χ1v) is 5.45. The summed E-state index contributed by atoms with van der Waals surface area (Å²) in [5.41, 5.74) is 0. The first-order chi connectivity index (χ1) is 7.22. The molecule has 3 atom stereocenters. The molecule has 0 heterocycles. The van der Waals surface area contributed by atoms with Crippen molar-refractivity contribution < 1.29 is 9.53 Å².